The van der Waals surface area contributed by atoms with Gasteiger partial charge in [0, 0.05) is 29.5 Å². The molecule has 0 spiro atoms. The highest BCUT2D eigenvalue weighted by Crippen LogP contribution is 2.20. The Morgan fingerprint density at radius 3 is 3.00 bits per heavy atom. The van der Waals surface area contributed by atoms with Crippen LogP contribution in [0, 0.1) is 12.8 Å². The van der Waals surface area contributed by atoms with Crippen LogP contribution in [0.2, 0.25) is 0 Å². The number of rotatable bonds is 4. The van der Waals surface area contributed by atoms with Crippen molar-refractivity contribution in [1.29, 1.82) is 0 Å². The number of aryl methyl sites for hydroxylation is 1. The summed E-state index contributed by atoms with van der Waals surface area (Å²) in [4.78, 5) is 2.82. The van der Waals surface area contributed by atoms with Gasteiger partial charge in [-0.25, -0.2) is 0 Å². The van der Waals surface area contributed by atoms with Crippen LogP contribution >= 0.6 is 11.3 Å². The first-order valence-corrected chi connectivity index (χ1v) is 6.45. The highest BCUT2D eigenvalue weighted by molar-refractivity contribution is 7.11. The predicted molar refractivity (Wildman–Crippen MR) is 64.3 cm³/mol. The largest absolute Gasteiger partial charge is 0.378 e. The van der Waals surface area contributed by atoms with Gasteiger partial charge in [0.2, 0.25) is 0 Å². The smallest absolute Gasteiger partial charge is 0.0588 e. The third-order valence-corrected chi connectivity index (χ3v) is 4.04. The zero-order valence-corrected chi connectivity index (χ0v) is 10.3. The van der Waals surface area contributed by atoms with Gasteiger partial charge < -0.3 is 10.1 Å². The number of hydrogen-bond acceptors (Lipinski definition) is 3. The van der Waals surface area contributed by atoms with Crippen molar-refractivity contribution in [3.05, 3.63) is 21.9 Å². The first-order chi connectivity index (χ1) is 7.25. The summed E-state index contributed by atoms with van der Waals surface area (Å²) < 4.78 is 5.53. The molecule has 15 heavy (non-hydrogen) atoms. The fourth-order valence-electron chi connectivity index (χ4n) is 2.01. The molecule has 0 amide bonds. The minimum absolute atomic E-state index is 0.433. The van der Waals surface area contributed by atoms with Crippen molar-refractivity contribution in [3.63, 3.8) is 0 Å². The number of thiophene rings is 1. The molecule has 1 fully saturated rings. The normalized spacial score (nSPS) is 26.0. The summed E-state index contributed by atoms with van der Waals surface area (Å²) in [7, 11) is 0. The molecule has 0 aliphatic carbocycles. The lowest BCUT2D eigenvalue weighted by Crippen LogP contribution is -2.26. The second kappa shape index (κ2) is 5.10. The zero-order valence-electron chi connectivity index (χ0n) is 9.45. The molecule has 3 heteroatoms. The topological polar surface area (TPSA) is 21.3 Å². The summed E-state index contributed by atoms with van der Waals surface area (Å²) in [5.74, 6) is 0.700. The third kappa shape index (κ3) is 3.03. The van der Waals surface area contributed by atoms with Gasteiger partial charge in [-0.1, -0.05) is 0 Å². The molecule has 1 aromatic rings. The van der Waals surface area contributed by atoms with Crippen molar-refractivity contribution in [2.45, 2.75) is 32.9 Å². The zero-order chi connectivity index (χ0) is 10.7. The van der Waals surface area contributed by atoms with E-state index in [9.17, 15) is 0 Å². The maximum atomic E-state index is 5.53. The van der Waals surface area contributed by atoms with E-state index in [4.69, 9.17) is 4.74 Å². The Labute approximate surface area is 95.6 Å². The van der Waals surface area contributed by atoms with Gasteiger partial charge in [0.1, 0.15) is 0 Å². The monoisotopic (exact) mass is 225 g/mol. The van der Waals surface area contributed by atoms with Gasteiger partial charge in [0.05, 0.1) is 6.10 Å². The van der Waals surface area contributed by atoms with Crippen molar-refractivity contribution in [3.8, 4) is 0 Å². The lowest BCUT2D eigenvalue weighted by atomic mass is 10.0. The minimum atomic E-state index is 0.433. The van der Waals surface area contributed by atoms with E-state index in [0.717, 1.165) is 19.7 Å². The van der Waals surface area contributed by atoms with E-state index in [2.05, 4.69) is 31.3 Å². The Morgan fingerprint density at radius 1 is 1.53 bits per heavy atom. The fourth-order valence-corrected chi connectivity index (χ4v) is 2.86. The van der Waals surface area contributed by atoms with Crippen LogP contribution in [0.15, 0.2) is 12.1 Å². The van der Waals surface area contributed by atoms with Gasteiger partial charge in [0.15, 0.2) is 0 Å². The molecule has 1 aliphatic rings. The number of nitrogens with one attached hydrogen (secondary N) is 1. The van der Waals surface area contributed by atoms with E-state index in [1.54, 1.807) is 0 Å². The molecule has 2 rings (SSSR count). The summed E-state index contributed by atoms with van der Waals surface area (Å²) in [6, 6.07) is 4.39. The molecule has 1 aromatic heterocycles. The highest BCUT2D eigenvalue weighted by atomic mass is 32.1. The standard InChI is InChI=1S/C12H19NOS/c1-9-3-4-12(15-9)8-13-7-11-5-6-14-10(11)2/h3-4,10-11,13H,5-8H2,1-2H3. The molecule has 1 saturated heterocycles. The van der Waals surface area contributed by atoms with Gasteiger partial charge in [-0.15, -0.1) is 11.3 Å². The lowest BCUT2D eigenvalue weighted by molar-refractivity contribution is 0.105. The quantitative estimate of drug-likeness (QED) is 0.850. The van der Waals surface area contributed by atoms with Crippen molar-refractivity contribution in [2.75, 3.05) is 13.2 Å². The molecule has 84 valence electrons. The SMILES string of the molecule is Cc1ccc(CNCC2CCOC2C)s1. The molecule has 0 aromatic carbocycles. The van der Waals surface area contributed by atoms with E-state index in [1.165, 1.54) is 16.2 Å². The maximum absolute atomic E-state index is 5.53. The summed E-state index contributed by atoms with van der Waals surface area (Å²) in [5, 5.41) is 3.52. The Balaban J connectivity index is 1.70. The summed E-state index contributed by atoms with van der Waals surface area (Å²) in [6.07, 6.45) is 1.64. The molecule has 2 nitrogen and oxygen atoms in total. The van der Waals surface area contributed by atoms with Gasteiger partial charge in [-0.05, 0) is 38.3 Å². The van der Waals surface area contributed by atoms with Crippen LogP contribution in [0.3, 0.4) is 0 Å². The average Bonchev–Trinajstić information content (AvgIpc) is 2.77. The molecule has 1 N–H and O–H groups in total. The van der Waals surface area contributed by atoms with E-state index in [1.807, 2.05) is 11.3 Å². The van der Waals surface area contributed by atoms with Crippen molar-refractivity contribution < 1.29 is 4.74 Å². The highest BCUT2D eigenvalue weighted by Gasteiger charge is 2.23. The molecule has 2 heterocycles. The average molecular weight is 225 g/mol. The van der Waals surface area contributed by atoms with Crippen LogP contribution in [0.5, 0.6) is 0 Å². The van der Waals surface area contributed by atoms with Gasteiger partial charge in [-0.2, -0.15) is 0 Å². The molecule has 1 aliphatic heterocycles. The van der Waals surface area contributed by atoms with E-state index >= 15 is 0 Å². The predicted octanol–water partition coefficient (Wildman–Crippen LogP) is 2.57. The Kier molecular flexibility index (Phi) is 3.78. The Morgan fingerprint density at radius 2 is 2.40 bits per heavy atom. The molecule has 2 atom stereocenters. The Hall–Kier alpha value is -0.380. The number of ether oxygens (including phenoxy) is 1. The molecule has 0 bridgehead atoms. The second-order valence-electron chi connectivity index (χ2n) is 4.27. The van der Waals surface area contributed by atoms with Crippen molar-refractivity contribution in [1.82, 2.24) is 5.32 Å². The molecule has 0 radical (unpaired) electrons. The van der Waals surface area contributed by atoms with E-state index in [-0.39, 0.29) is 0 Å². The van der Waals surface area contributed by atoms with Gasteiger partial charge >= 0.3 is 0 Å². The fraction of sp³-hybridized carbons (Fsp3) is 0.667. The summed E-state index contributed by atoms with van der Waals surface area (Å²) in [6.45, 7) is 7.35. The van der Waals surface area contributed by atoms with Crippen LogP contribution in [0.1, 0.15) is 23.1 Å². The second-order valence-corrected chi connectivity index (χ2v) is 5.64. The molecular weight excluding hydrogens is 206 g/mol. The first kappa shape index (κ1) is 11.1. The summed E-state index contributed by atoms with van der Waals surface area (Å²) >= 11 is 1.88. The van der Waals surface area contributed by atoms with Crippen LogP contribution < -0.4 is 5.32 Å². The van der Waals surface area contributed by atoms with Gasteiger partial charge in [0.25, 0.3) is 0 Å². The van der Waals surface area contributed by atoms with Crippen molar-refractivity contribution >= 4 is 11.3 Å². The Bertz CT molecular complexity index is 310. The molecule has 2 unspecified atom stereocenters. The van der Waals surface area contributed by atoms with Crippen LogP contribution in [0.25, 0.3) is 0 Å². The van der Waals surface area contributed by atoms with Crippen LogP contribution in [0.4, 0.5) is 0 Å². The summed E-state index contributed by atoms with van der Waals surface area (Å²) in [5.41, 5.74) is 0. The third-order valence-electron chi connectivity index (χ3n) is 3.04. The molecule has 0 saturated carbocycles. The van der Waals surface area contributed by atoms with E-state index in [0.29, 0.717) is 12.0 Å². The first-order valence-electron chi connectivity index (χ1n) is 5.63. The number of hydrogen-bond donors (Lipinski definition) is 1. The van der Waals surface area contributed by atoms with E-state index < -0.39 is 0 Å². The maximum Gasteiger partial charge on any atom is 0.0588 e. The van der Waals surface area contributed by atoms with Crippen LogP contribution in [-0.2, 0) is 11.3 Å². The lowest BCUT2D eigenvalue weighted by Gasteiger charge is -2.14. The van der Waals surface area contributed by atoms with Crippen LogP contribution in [-0.4, -0.2) is 19.3 Å². The molecular formula is C12H19NOS. The van der Waals surface area contributed by atoms with Crippen molar-refractivity contribution in [2.24, 2.45) is 5.92 Å². The minimum Gasteiger partial charge on any atom is -0.378 e. The van der Waals surface area contributed by atoms with Gasteiger partial charge in [-0.3, -0.25) is 0 Å².